The molecule has 9 heteroatoms. The van der Waals surface area contributed by atoms with Crippen molar-refractivity contribution in [1.29, 1.82) is 0 Å². The van der Waals surface area contributed by atoms with Crippen LogP contribution in [0.15, 0.2) is 24.3 Å². The molecule has 1 aromatic rings. The van der Waals surface area contributed by atoms with Crippen LogP contribution in [0.5, 0.6) is 0 Å². The van der Waals surface area contributed by atoms with Crippen molar-refractivity contribution in [2.45, 2.75) is 6.18 Å². The Hall–Kier alpha value is -1.80. The van der Waals surface area contributed by atoms with Gasteiger partial charge in [0.25, 0.3) is 5.91 Å². The quantitative estimate of drug-likeness (QED) is 0.886. The van der Waals surface area contributed by atoms with E-state index in [2.05, 4.69) is 5.32 Å². The Labute approximate surface area is 144 Å². The lowest BCUT2D eigenvalue weighted by molar-refractivity contribution is -0.137. The molecule has 1 fully saturated rings. The normalized spacial score (nSPS) is 14.8. The molecular formula is C15H19ClF3N3O2. The highest BCUT2D eigenvalue weighted by atomic mass is 35.5. The second kappa shape index (κ2) is 8.34. The smallest absolute Gasteiger partial charge is 0.339 e. The molecule has 24 heavy (non-hydrogen) atoms. The number of alkyl halides is 3. The van der Waals surface area contributed by atoms with Crippen molar-refractivity contribution >= 4 is 24.2 Å². The van der Waals surface area contributed by atoms with Gasteiger partial charge in [0.15, 0.2) is 0 Å². The highest BCUT2D eigenvalue weighted by Crippen LogP contribution is 2.29. The summed E-state index contributed by atoms with van der Waals surface area (Å²) in [5, 5.41) is 3.11. The third-order valence-corrected chi connectivity index (χ3v) is 3.63. The first-order valence-corrected chi connectivity index (χ1v) is 7.20. The summed E-state index contributed by atoms with van der Waals surface area (Å²) in [6.45, 7) is 2.35. The lowest BCUT2D eigenvalue weighted by Crippen LogP contribution is -2.49. The van der Waals surface area contributed by atoms with Crippen molar-refractivity contribution in [2.75, 3.05) is 39.8 Å². The second-order valence-corrected chi connectivity index (χ2v) is 5.37. The van der Waals surface area contributed by atoms with Gasteiger partial charge >= 0.3 is 6.18 Å². The summed E-state index contributed by atoms with van der Waals surface area (Å²) < 4.78 is 38.1. The molecule has 1 aromatic carbocycles. The number of halogens is 4. The molecule has 1 N–H and O–H groups in total. The number of hydrogen-bond donors (Lipinski definition) is 1. The number of rotatable bonds is 3. The van der Waals surface area contributed by atoms with E-state index in [1.165, 1.54) is 19.2 Å². The summed E-state index contributed by atoms with van der Waals surface area (Å²) in [6, 6.07) is 4.20. The first-order chi connectivity index (χ1) is 10.8. The highest BCUT2D eigenvalue weighted by molar-refractivity contribution is 5.96. The molecule has 0 saturated carbocycles. The summed E-state index contributed by atoms with van der Waals surface area (Å²) in [7, 11) is 1.41. The van der Waals surface area contributed by atoms with E-state index in [0.29, 0.717) is 26.2 Å². The Morgan fingerprint density at radius 1 is 1.25 bits per heavy atom. The lowest BCUT2D eigenvalue weighted by atomic mass is 10.1. The van der Waals surface area contributed by atoms with Crippen LogP contribution in [-0.2, 0) is 11.0 Å². The van der Waals surface area contributed by atoms with E-state index in [1.54, 1.807) is 4.90 Å². The fourth-order valence-electron chi connectivity index (χ4n) is 2.34. The maximum Gasteiger partial charge on any atom is 0.416 e. The topological polar surface area (TPSA) is 52.7 Å². The third-order valence-electron chi connectivity index (χ3n) is 3.63. The average molecular weight is 366 g/mol. The zero-order chi connectivity index (χ0) is 17.0. The summed E-state index contributed by atoms with van der Waals surface area (Å²) in [5.74, 6) is -0.825. The van der Waals surface area contributed by atoms with Crippen molar-refractivity contribution in [3.8, 4) is 0 Å². The van der Waals surface area contributed by atoms with E-state index in [9.17, 15) is 22.8 Å². The minimum Gasteiger partial charge on any atom is -0.339 e. The van der Waals surface area contributed by atoms with Crippen molar-refractivity contribution < 1.29 is 22.8 Å². The van der Waals surface area contributed by atoms with E-state index in [1.807, 2.05) is 0 Å². The maximum absolute atomic E-state index is 12.7. The number of amides is 2. The number of piperazine rings is 1. The molecule has 2 amide bonds. The van der Waals surface area contributed by atoms with Crippen molar-refractivity contribution in [3.05, 3.63) is 35.4 Å². The van der Waals surface area contributed by atoms with Gasteiger partial charge in [-0.1, -0.05) is 6.07 Å². The minimum absolute atomic E-state index is 0. The Kier molecular flexibility index (Phi) is 7.04. The monoisotopic (exact) mass is 365 g/mol. The van der Waals surface area contributed by atoms with Crippen LogP contribution >= 0.6 is 12.4 Å². The molecule has 0 bridgehead atoms. The number of hydrogen-bond acceptors (Lipinski definition) is 3. The van der Waals surface area contributed by atoms with Crippen LogP contribution in [0.25, 0.3) is 0 Å². The molecule has 1 aliphatic rings. The molecule has 134 valence electrons. The number of carbonyl (C=O) groups is 2. The first kappa shape index (κ1) is 20.2. The van der Waals surface area contributed by atoms with Crippen LogP contribution < -0.4 is 5.32 Å². The summed E-state index contributed by atoms with van der Waals surface area (Å²) in [6.07, 6.45) is -4.51. The molecule has 0 aliphatic carbocycles. The van der Waals surface area contributed by atoms with E-state index >= 15 is 0 Å². The van der Waals surface area contributed by atoms with E-state index in [-0.39, 0.29) is 30.4 Å². The fraction of sp³-hybridized carbons (Fsp3) is 0.467. The van der Waals surface area contributed by atoms with Crippen LogP contribution in [0.1, 0.15) is 15.9 Å². The van der Waals surface area contributed by atoms with Gasteiger partial charge in [0.05, 0.1) is 12.1 Å². The van der Waals surface area contributed by atoms with Crippen LogP contribution in [0, 0.1) is 0 Å². The molecule has 0 unspecified atom stereocenters. The van der Waals surface area contributed by atoms with E-state index in [0.717, 1.165) is 17.0 Å². The Morgan fingerprint density at radius 3 is 2.46 bits per heavy atom. The van der Waals surface area contributed by atoms with Gasteiger partial charge < -0.3 is 15.1 Å². The van der Waals surface area contributed by atoms with Gasteiger partial charge in [0.2, 0.25) is 5.91 Å². The molecule has 1 saturated heterocycles. The van der Waals surface area contributed by atoms with Gasteiger partial charge in [-0.3, -0.25) is 9.59 Å². The number of benzene rings is 1. The molecule has 0 atom stereocenters. The standard InChI is InChI=1S/C15H18F3N3O2.ClH/c1-20(10-13(22)21-7-5-19-6-8-21)14(23)11-3-2-4-12(9-11)15(16,17)18;/h2-4,9,19H,5-8,10H2,1H3;1H. The predicted octanol–water partition coefficient (Wildman–Crippen LogP) is 1.63. The third kappa shape index (κ3) is 5.10. The number of nitrogens with one attached hydrogen (secondary N) is 1. The van der Waals surface area contributed by atoms with Gasteiger partial charge in [-0.25, -0.2) is 0 Å². The molecule has 0 radical (unpaired) electrons. The molecule has 5 nitrogen and oxygen atoms in total. The number of carbonyl (C=O) groups excluding carboxylic acids is 2. The largest absolute Gasteiger partial charge is 0.416 e. The number of nitrogens with zero attached hydrogens (tertiary/aromatic N) is 2. The lowest BCUT2D eigenvalue weighted by Gasteiger charge is -2.29. The fourth-order valence-corrected chi connectivity index (χ4v) is 2.34. The van der Waals surface area contributed by atoms with Crippen LogP contribution in [-0.4, -0.2) is 61.4 Å². The number of likely N-dealkylation sites (N-methyl/N-ethyl adjacent to an activating group) is 1. The summed E-state index contributed by atoms with van der Waals surface area (Å²) in [4.78, 5) is 27.1. The van der Waals surface area contributed by atoms with Gasteiger partial charge in [-0.05, 0) is 18.2 Å². The van der Waals surface area contributed by atoms with Gasteiger partial charge in [-0.2, -0.15) is 13.2 Å². The van der Waals surface area contributed by atoms with Crippen LogP contribution in [0.2, 0.25) is 0 Å². The Bertz CT molecular complexity index is 590. The zero-order valence-corrected chi connectivity index (χ0v) is 13.9. The maximum atomic E-state index is 12.7. The molecule has 1 heterocycles. The van der Waals surface area contributed by atoms with Crippen molar-refractivity contribution in [3.63, 3.8) is 0 Å². The predicted molar refractivity (Wildman–Crippen MR) is 85.1 cm³/mol. The molecular weight excluding hydrogens is 347 g/mol. The van der Waals surface area contributed by atoms with Crippen LogP contribution in [0.4, 0.5) is 13.2 Å². The first-order valence-electron chi connectivity index (χ1n) is 7.20. The SMILES string of the molecule is CN(CC(=O)N1CCNCC1)C(=O)c1cccc(C(F)(F)F)c1.Cl. The summed E-state index contributed by atoms with van der Waals surface area (Å²) in [5.41, 5.74) is -0.972. The Morgan fingerprint density at radius 2 is 1.88 bits per heavy atom. The molecule has 1 aliphatic heterocycles. The van der Waals surface area contributed by atoms with Gasteiger partial charge in [-0.15, -0.1) is 12.4 Å². The highest BCUT2D eigenvalue weighted by Gasteiger charge is 2.31. The van der Waals surface area contributed by atoms with E-state index < -0.39 is 17.6 Å². The van der Waals surface area contributed by atoms with Crippen molar-refractivity contribution in [1.82, 2.24) is 15.1 Å². The average Bonchev–Trinajstić information content (AvgIpc) is 2.54. The molecule has 0 aromatic heterocycles. The Balaban J connectivity index is 0.00000288. The zero-order valence-electron chi connectivity index (χ0n) is 13.1. The minimum atomic E-state index is -4.51. The van der Waals surface area contributed by atoms with Gasteiger partial charge in [0, 0.05) is 38.8 Å². The van der Waals surface area contributed by atoms with Crippen LogP contribution in [0.3, 0.4) is 0 Å². The van der Waals surface area contributed by atoms with Gasteiger partial charge in [0.1, 0.15) is 0 Å². The van der Waals surface area contributed by atoms with Crippen molar-refractivity contribution in [2.24, 2.45) is 0 Å². The molecule has 2 rings (SSSR count). The van der Waals surface area contributed by atoms with E-state index in [4.69, 9.17) is 0 Å². The second-order valence-electron chi connectivity index (χ2n) is 5.37. The molecule has 0 spiro atoms. The summed E-state index contributed by atoms with van der Waals surface area (Å²) >= 11 is 0.